The second kappa shape index (κ2) is 8.64. The lowest BCUT2D eigenvalue weighted by molar-refractivity contribution is -0.124. The summed E-state index contributed by atoms with van der Waals surface area (Å²) < 4.78 is 0. The van der Waals surface area contributed by atoms with E-state index in [-0.39, 0.29) is 30.1 Å². The van der Waals surface area contributed by atoms with Crippen LogP contribution in [0.4, 0.5) is 0 Å². The molecule has 2 rings (SSSR count). The van der Waals surface area contributed by atoms with Gasteiger partial charge in [-0.15, -0.1) is 12.4 Å². The number of amides is 2. The van der Waals surface area contributed by atoms with Gasteiger partial charge in [0.05, 0.1) is 5.92 Å². The second-order valence-electron chi connectivity index (χ2n) is 5.10. The molecule has 2 amide bonds. The quantitative estimate of drug-likeness (QED) is 0.707. The minimum absolute atomic E-state index is 0. The number of carbonyl (C=O) groups excluding carboxylic acids is 2. The van der Waals surface area contributed by atoms with Crippen molar-refractivity contribution in [3.63, 3.8) is 0 Å². The first-order chi connectivity index (χ1) is 9.66. The number of halogens is 1. The Bertz CT molecular complexity index is 470. The Labute approximate surface area is 131 Å². The molecule has 6 heteroatoms. The zero-order chi connectivity index (χ0) is 14.4. The standard InChI is InChI=1S/C15H21N3O2.ClH/c1-11-2-4-12(5-3-11)14(19)17-8-9-18-15(20)13-6-7-16-10-13;/h2-5,13,16H,6-10H2,1H3,(H,17,19)(H,18,20);1H. The Balaban J connectivity index is 0.00000220. The summed E-state index contributed by atoms with van der Waals surface area (Å²) in [4.78, 5) is 23.6. The SMILES string of the molecule is Cc1ccc(C(=O)NCCNC(=O)C2CCNC2)cc1.Cl. The predicted octanol–water partition coefficient (Wildman–Crippen LogP) is 0.872. The lowest BCUT2D eigenvalue weighted by Crippen LogP contribution is -2.38. The van der Waals surface area contributed by atoms with Gasteiger partial charge in [-0.2, -0.15) is 0 Å². The number of aryl methyl sites for hydroxylation is 1. The largest absolute Gasteiger partial charge is 0.354 e. The molecule has 1 fully saturated rings. The van der Waals surface area contributed by atoms with Gasteiger partial charge in [0, 0.05) is 25.2 Å². The van der Waals surface area contributed by atoms with Crippen LogP contribution in [0.1, 0.15) is 22.3 Å². The van der Waals surface area contributed by atoms with E-state index in [0.717, 1.165) is 25.1 Å². The third kappa shape index (κ3) is 5.36. The van der Waals surface area contributed by atoms with Crippen molar-refractivity contribution < 1.29 is 9.59 Å². The molecule has 0 radical (unpaired) electrons. The van der Waals surface area contributed by atoms with E-state index in [9.17, 15) is 9.59 Å². The molecule has 0 saturated carbocycles. The van der Waals surface area contributed by atoms with Gasteiger partial charge in [0.15, 0.2) is 0 Å². The zero-order valence-corrected chi connectivity index (χ0v) is 13.0. The third-order valence-corrected chi connectivity index (χ3v) is 3.45. The lowest BCUT2D eigenvalue weighted by atomic mass is 10.1. The van der Waals surface area contributed by atoms with Crippen molar-refractivity contribution in [1.82, 2.24) is 16.0 Å². The Morgan fingerprint density at radius 2 is 1.86 bits per heavy atom. The fraction of sp³-hybridized carbons (Fsp3) is 0.467. The summed E-state index contributed by atoms with van der Waals surface area (Å²) in [5, 5.41) is 8.80. The summed E-state index contributed by atoms with van der Waals surface area (Å²) in [6.07, 6.45) is 0.890. The monoisotopic (exact) mass is 311 g/mol. The number of hydrogen-bond acceptors (Lipinski definition) is 3. The molecule has 0 spiro atoms. The lowest BCUT2D eigenvalue weighted by Gasteiger charge is -2.10. The van der Waals surface area contributed by atoms with Crippen LogP contribution in [0.25, 0.3) is 0 Å². The summed E-state index contributed by atoms with van der Waals surface area (Å²) in [6, 6.07) is 7.41. The Kier molecular flexibility index (Phi) is 7.19. The van der Waals surface area contributed by atoms with Crippen molar-refractivity contribution in [3.05, 3.63) is 35.4 Å². The molecule has 1 saturated heterocycles. The van der Waals surface area contributed by atoms with E-state index in [0.29, 0.717) is 18.7 Å². The van der Waals surface area contributed by atoms with Gasteiger partial charge in [-0.25, -0.2) is 0 Å². The Morgan fingerprint density at radius 1 is 1.19 bits per heavy atom. The van der Waals surface area contributed by atoms with Gasteiger partial charge in [-0.05, 0) is 32.0 Å². The normalized spacial score (nSPS) is 16.9. The molecular formula is C15H22ClN3O2. The smallest absolute Gasteiger partial charge is 0.251 e. The van der Waals surface area contributed by atoms with Crippen LogP contribution < -0.4 is 16.0 Å². The van der Waals surface area contributed by atoms with Crippen LogP contribution in [0.3, 0.4) is 0 Å². The molecule has 0 aliphatic carbocycles. The molecular weight excluding hydrogens is 290 g/mol. The molecule has 116 valence electrons. The number of nitrogens with one attached hydrogen (secondary N) is 3. The molecule has 1 aliphatic heterocycles. The van der Waals surface area contributed by atoms with Gasteiger partial charge in [-0.3, -0.25) is 9.59 Å². The molecule has 1 unspecified atom stereocenters. The predicted molar refractivity (Wildman–Crippen MR) is 84.7 cm³/mol. The van der Waals surface area contributed by atoms with Crippen LogP contribution in [0.2, 0.25) is 0 Å². The summed E-state index contributed by atoms with van der Waals surface area (Å²) in [5.41, 5.74) is 1.76. The van der Waals surface area contributed by atoms with Crippen LogP contribution >= 0.6 is 12.4 Å². The average Bonchev–Trinajstić information content (AvgIpc) is 2.98. The molecule has 3 N–H and O–H groups in total. The Morgan fingerprint density at radius 3 is 2.48 bits per heavy atom. The van der Waals surface area contributed by atoms with Gasteiger partial charge in [0.1, 0.15) is 0 Å². The van der Waals surface area contributed by atoms with E-state index in [1.54, 1.807) is 12.1 Å². The minimum Gasteiger partial charge on any atom is -0.354 e. The molecule has 5 nitrogen and oxygen atoms in total. The first-order valence-corrected chi connectivity index (χ1v) is 7.00. The summed E-state index contributed by atoms with van der Waals surface area (Å²) in [7, 11) is 0. The van der Waals surface area contributed by atoms with Crippen molar-refractivity contribution in [2.45, 2.75) is 13.3 Å². The fourth-order valence-corrected chi connectivity index (χ4v) is 2.19. The first kappa shape index (κ1) is 17.5. The van der Waals surface area contributed by atoms with Gasteiger partial charge < -0.3 is 16.0 Å². The number of carbonyl (C=O) groups is 2. The van der Waals surface area contributed by atoms with Crippen molar-refractivity contribution in [3.8, 4) is 0 Å². The van der Waals surface area contributed by atoms with Gasteiger partial charge >= 0.3 is 0 Å². The molecule has 1 atom stereocenters. The van der Waals surface area contributed by atoms with Crippen LogP contribution in [0.15, 0.2) is 24.3 Å². The van der Waals surface area contributed by atoms with E-state index in [1.807, 2.05) is 19.1 Å². The highest BCUT2D eigenvalue weighted by Crippen LogP contribution is 2.06. The molecule has 1 aromatic rings. The molecule has 1 aromatic carbocycles. The average molecular weight is 312 g/mol. The second-order valence-corrected chi connectivity index (χ2v) is 5.10. The molecule has 1 heterocycles. The number of benzene rings is 1. The molecule has 21 heavy (non-hydrogen) atoms. The summed E-state index contributed by atoms with van der Waals surface area (Å²) >= 11 is 0. The highest BCUT2D eigenvalue weighted by molar-refractivity contribution is 5.94. The van der Waals surface area contributed by atoms with Crippen molar-refractivity contribution >= 4 is 24.2 Å². The third-order valence-electron chi connectivity index (χ3n) is 3.45. The topological polar surface area (TPSA) is 70.2 Å². The van der Waals surface area contributed by atoms with Crippen LogP contribution in [0.5, 0.6) is 0 Å². The van der Waals surface area contributed by atoms with Crippen LogP contribution in [-0.2, 0) is 4.79 Å². The number of rotatable bonds is 5. The number of hydrogen-bond donors (Lipinski definition) is 3. The Hall–Kier alpha value is -1.59. The molecule has 1 aliphatic rings. The maximum absolute atomic E-state index is 11.8. The van der Waals surface area contributed by atoms with Gasteiger partial charge in [0.25, 0.3) is 5.91 Å². The van der Waals surface area contributed by atoms with E-state index in [2.05, 4.69) is 16.0 Å². The molecule has 0 aromatic heterocycles. The maximum atomic E-state index is 11.8. The van der Waals surface area contributed by atoms with E-state index in [1.165, 1.54) is 0 Å². The fourth-order valence-electron chi connectivity index (χ4n) is 2.19. The van der Waals surface area contributed by atoms with Crippen LogP contribution in [0, 0.1) is 12.8 Å². The maximum Gasteiger partial charge on any atom is 0.251 e. The van der Waals surface area contributed by atoms with E-state index < -0.39 is 0 Å². The van der Waals surface area contributed by atoms with Crippen molar-refractivity contribution in [2.75, 3.05) is 26.2 Å². The highest BCUT2D eigenvalue weighted by Gasteiger charge is 2.21. The van der Waals surface area contributed by atoms with Crippen molar-refractivity contribution in [1.29, 1.82) is 0 Å². The zero-order valence-electron chi connectivity index (χ0n) is 12.1. The molecule has 0 bridgehead atoms. The van der Waals surface area contributed by atoms with E-state index in [4.69, 9.17) is 0 Å². The highest BCUT2D eigenvalue weighted by atomic mass is 35.5. The first-order valence-electron chi connectivity index (χ1n) is 7.00. The summed E-state index contributed by atoms with van der Waals surface area (Å²) in [6.45, 7) is 4.55. The summed E-state index contributed by atoms with van der Waals surface area (Å²) in [5.74, 6) is 0.0316. The van der Waals surface area contributed by atoms with Crippen molar-refractivity contribution in [2.24, 2.45) is 5.92 Å². The minimum atomic E-state index is -0.109. The van der Waals surface area contributed by atoms with Crippen LogP contribution in [-0.4, -0.2) is 38.0 Å². The van der Waals surface area contributed by atoms with Gasteiger partial charge in [0.2, 0.25) is 5.91 Å². The van der Waals surface area contributed by atoms with E-state index >= 15 is 0 Å². The van der Waals surface area contributed by atoms with Gasteiger partial charge in [-0.1, -0.05) is 17.7 Å².